The maximum absolute atomic E-state index is 12.9. The standard InChI is InChI=1S/C22H14Cl2N2O3S/c1-13-17(21(27)26(25-13)15-6-9-18(23)19(24)12-15)11-14-4-7-16(8-5-14)29-22(28)20-3-2-10-30-20/h2-12H,1H3. The number of anilines is 1. The first-order chi connectivity index (χ1) is 14.4. The molecule has 1 amide bonds. The molecular weight excluding hydrogens is 443 g/mol. The number of hydrogen-bond acceptors (Lipinski definition) is 5. The normalized spacial score (nSPS) is 14.9. The quantitative estimate of drug-likeness (QED) is 0.271. The number of nitrogens with zero attached hydrogens (tertiary/aromatic N) is 2. The van der Waals surface area contributed by atoms with Crippen LogP contribution in [0.4, 0.5) is 5.69 Å². The van der Waals surface area contributed by atoms with E-state index in [1.807, 2.05) is 5.38 Å². The predicted octanol–water partition coefficient (Wildman–Crippen LogP) is 6.08. The lowest BCUT2D eigenvalue weighted by Gasteiger charge is -2.12. The number of ether oxygens (including phenoxy) is 1. The van der Waals surface area contributed by atoms with Crippen molar-refractivity contribution in [2.24, 2.45) is 5.10 Å². The highest BCUT2D eigenvalue weighted by atomic mass is 35.5. The Morgan fingerprint density at radius 3 is 2.53 bits per heavy atom. The Balaban J connectivity index is 1.51. The Morgan fingerprint density at radius 2 is 1.87 bits per heavy atom. The molecule has 0 aliphatic carbocycles. The zero-order valence-corrected chi connectivity index (χ0v) is 18.0. The second-order valence-electron chi connectivity index (χ2n) is 6.39. The number of carbonyl (C=O) groups excluding carboxylic acids is 2. The van der Waals surface area contributed by atoms with Crippen molar-refractivity contribution >= 4 is 63.9 Å². The number of thiophene rings is 1. The molecule has 0 radical (unpaired) electrons. The number of rotatable bonds is 4. The summed E-state index contributed by atoms with van der Waals surface area (Å²) < 4.78 is 5.35. The summed E-state index contributed by atoms with van der Waals surface area (Å²) >= 11 is 13.3. The summed E-state index contributed by atoms with van der Waals surface area (Å²) in [6.07, 6.45) is 1.74. The molecule has 30 heavy (non-hydrogen) atoms. The van der Waals surface area contributed by atoms with E-state index in [9.17, 15) is 9.59 Å². The molecule has 0 spiro atoms. The van der Waals surface area contributed by atoms with E-state index in [0.29, 0.717) is 37.6 Å². The lowest BCUT2D eigenvalue weighted by Crippen LogP contribution is -2.21. The number of hydrogen-bond donors (Lipinski definition) is 0. The molecule has 0 fully saturated rings. The average molecular weight is 457 g/mol. The van der Waals surface area contributed by atoms with Crippen LogP contribution in [-0.2, 0) is 4.79 Å². The molecule has 1 aliphatic heterocycles. The van der Waals surface area contributed by atoms with Gasteiger partial charge in [-0.1, -0.05) is 41.4 Å². The summed E-state index contributed by atoms with van der Waals surface area (Å²) in [4.78, 5) is 25.4. The zero-order chi connectivity index (χ0) is 21.3. The summed E-state index contributed by atoms with van der Waals surface area (Å²) in [5, 5.41) is 8.20. The van der Waals surface area contributed by atoms with E-state index < -0.39 is 5.97 Å². The first kappa shape index (κ1) is 20.3. The fourth-order valence-electron chi connectivity index (χ4n) is 2.83. The van der Waals surface area contributed by atoms with Gasteiger partial charge < -0.3 is 4.74 Å². The predicted molar refractivity (Wildman–Crippen MR) is 121 cm³/mol. The number of amides is 1. The van der Waals surface area contributed by atoms with Gasteiger partial charge in [-0.05, 0) is 60.3 Å². The maximum Gasteiger partial charge on any atom is 0.353 e. The molecule has 2 aromatic carbocycles. The van der Waals surface area contributed by atoms with Gasteiger partial charge in [0.1, 0.15) is 10.6 Å². The molecule has 5 nitrogen and oxygen atoms in total. The summed E-state index contributed by atoms with van der Waals surface area (Å²) in [6.45, 7) is 1.76. The lowest BCUT2D eigenvalue weighted by molar-refractivity contribution is -0.114. The molecule has 4 rings (SSSR count). The molecule has 1 aromatic heterocycles. The molecule has 3 aromatic rings. The van der Waals surface area contributed by atoms with E-state index in [1.54, 1.807) is 67.6 Å². The number of halogens is 2. The Hall–Kier alpha value is -2.93. The third kappa shape index (κ3) is 4.16. The van der Waals surface area contributed by atoms with Gasteiger partial charge in [0, 0.05) is 0 Å². The first-order valence-electron chi connectivity index (χ1n) is 8.85. The van der Waals surface area contributed by atoms with Gasteiger partial charge in [0.25, 0.3) is 5.91 Å². The van der Waals surface area contributed by atoms with Gasteiger partial charge in [0.2, 0.25) is 0 Å². The van der Waals surface area contributed by atoms with E-state index in [2.05, 4.69) is 5.10 Å². The molecule has 0 saturated heterocycles. The third-order valence-corrected chi connectivity index (χ3v) is 5.92. The van der Waals surface area contributed by atoms with Crippen LogP contribution in [0.15, 0.2) is 70.7 Å². The van der Waals surface area contributed by atoms with Gasteiger partial charge in [-0.15, -0.1) is 11.3 Å². The summed E-state index contributed by atoms with van der Waals surface area (Å²) in [6, 6.07) is 15.3. The summed E-state index contributed by atoms with van der Waals surface area (Å²) in [7, 11) is 0. The minimum absolute atomic E-state index is 0.265. The van der Waals surface area contributed by atoms with Crippen LogP contribution in [0, 0.1) is 0 Å². The Morgan fingerprint density at radius 1 is 1.10 bits per heavy atom. The van der Waals surface area contributed by atoms with Gasteiger partial charge in [-0.25, -0.2) is 4.79 Å². The SMILES string of the molecule is CC1=NN(c2ccc(Cl)c(Cl)c2)C(=O)C1=Cc1ccc(OC(=O)c2cccs2)cc1. The van der Waals surface area contributed by atoms with Crippen LogP contribution in [0.3, 0.4) is 0 Å². The lowest BCUT2D eigenvalue weighted by atomic mass is 10.1. The van der Waals surface area contributed by atoms with Crippen molar-refractivity contribution < 1.29 is 14.3 Å². The van der Waals surface area contributed by atoms with Gasteiger partial charge in [0.15, 0.2) is 0 Å². The maximum atomic E-state index is 12.9. The van der Waals surface area contributed by atoms with Gasteiger partial charge >= 0.3 is 5.97 Å². The molecule has 0 N–H and O–H groups in total. The first-order valence-corrected chi connectivity index (χ1v) is 10.5. The van der Waals surface area contributed by atoms with E-state index >= 15 is 0 Å². The molecule has 0 bridgehead atoms. The molecule has 0 saturated carbocycles. The van der Waals surface area contributed by atoms with Crippen molar-refractivity contribution in [1.29, 1.82) is 0 Å². The fourth-order valence-corrected chi connectivity index (χ4v) is 3.72. The van der Waals surface area contributed by atoms with Crippen molar-refractivity contribution in [2.45, 2.75) is 6.92 Å². The molecule has 150 valence electrons. The minimum Gasteiger partial charge on any atom is -0.422 e. The van der Waals surface area contributed by atoms with Crippen LogP contribution in [0.1, 0.15) is 22.2 Å². The molecule has 0 unspecified atom stereocenters. The number of benzene rings is 2. The Bertz CT molecular complexity index is 1190. The Labute approximate surface area is 186 Å². The van der Waals surface area contributed by atoms with Crippen molar-refractivity contribution in [3.05, 3.63) is 86.0 Å². The number of hydrazone groups is 1. The van der Waals surface area contributed by atoms with Crippen LogP contribution in [0.25, 0.3) is 6.08 Å². The molecule has 8 heteroatoms. The third-order valence-electron chi connectivity index (χ3n) is 4.33. The smallest absolute Gasteiger partial charge is 0.353 e. The van der Waals surface area contributed by atoms with Crippen LogP contribution in [-0.4, -0.2) is 17.6 Å². The highest BCUT2D eigenvalue weighted by molar-refractivity contribution is 7.12. The molecule has 0 atom stereocenters. The summed E-state index contributed by atoms with van der Waals surface area (Å²) in [5.41, 5.74) is 2.36. The van der Waals surface area contributed by atoms with E-state index in [4.69, 9.17) is 27.9 Å². The van der Waals surface area contributed by atoms with Gasteiger partial charge in [-0.3, -0.25) is 4.79 Å². The minimum atomic E-state index is -0.401. The van der Waals surface area contributed by atoms with Crippen LogP contribution < -0.4 is 9.75 Å². The van der Waals surface area contributed by atoms with Crippen molar-refractivity contribution in [3.63, 3.8) is 0 Å². The highest BCUT2D eigenvalue weighted by Gasteiger charge is 2.29. The number of carbonyl (C=O) groups is 2. The monoisotopic (exact) mass is 456 g/mol. The van der Waals surface area contributed by atoms with E-state index in [-0.39, 0.29) is 5.91 Å². The topological polar surface area (TPSA) is 59.0 Å². The van der Waals surface area contributed by atoms with Crippen molar-refractivity contribution in [2.75, 3.05) is 5.01 Å². The van der Waals surface area contributed by atoms with Crippen molar-refractivity contribution in [1.82, 2.24) is 0 Å². The van der Waals surface area contributed by atoms with Crippen LogP contribution in [0.5, 0.6) is 5.75 Å². The Kier molecular flexibility index (Phi) is 5.72. The number of esters is 1. The molecule has 1 aliphatic rings. The molecule has 2 heterocycles. The van der Waals surface area contributed by atoms with Gasteiger partial charge in [-0.2, -0.15) is 10.1 Å². The highest BCUT2D eigenvalue weighted by Crippen LogP contribution is 2.31. The van der Waals surface area contributed by atoms with Crippen LogP contribution >= 0.6 is 34.5 Å². The fraction of sp³-hybridized carbons (Fsp3) is 0.0455. The van der Waals surface area contributed by atoms with Gasteiger partial charge in [0.05, 0.1) is 27.0 Å². The van der Waals surface area contributed by atoms with E-state index in [1.165, 1.54) is 16.3 Å². The average Bonchev–Trinajstić information content (AvgIpc) is 3.36. The van der Waals surface area contributed by atoms with Crippen LogP contribution in [0.2, 0.25) is 10.0 Å². The largest absolute Gasteiger partial charge is 0.422 e. The van der Waals surface area contributed by atoms with Crippen molar-refractivity contribution in [3.8, 4) is 5.75 Å². The van der Waals surface area contributed by atoms with E-state index in [0.717, 1.165) is 5.56 Å². The summed E-state index contributed by atoms with van der Waals surface area (Å²) in [5.74, 6) is -0.238. The zero-order valence-electron chi connectivity index (χ0n) is 15.6. The second-order valence-corrected chi connectivity index (χ2v) is 8.16. The molecular formula is C22H14Cl2N2O3S. The second kappa shape index (κ2) is 8.44.